The van der Waals surface area contributed by atoms with Crippen LogP contribution in [0, 0.1) is 5.92 Å². The number of rotatable bonds is 4. The number of hydrogen-bond acceptors (Lipinski definition) is 4. The maximum absolute atomic E-state index is 12.0. The summed E-state index contributed by atoms with van der Waals surface area (Å²) in [4.78, 5) is 17.4. The first kappa shape index (κ1) is 11.4. The summed E-state index contributed by atoms with van der Waals surface area (Å²) in [5.41, 5.74) is 0.155. The Morgan fingerprint density at radius 1 is 1.69 bits per heavy atom. The summed E-state index contributed by atoms with van der Waals surface area (Å²) in [5, 5.41) is 3.96. The molecule has 0 spiro atoms. The number of carbonyl (C=O) groups is 1. The van der Waals surface area contributed by atoms with Crippen molar-refractivity contribution in [2.45, 2.75) is 51.6 Å². The van der Waals surface area contributed by atoms with Crippen molar-refractivity contribution in [1.29, 1.82) is 0 Å². The van der Waals surface area contributed by atoms with E-state index in [0.717, 1.165) is 37.8 Å². The molecule has 1 heterocycles. The summed E-state index contributed by atoms with van der Waals surface area (Å²) in [6, 6.07) is 0. The van der Waals surface area contributed by atoms with Crippen LogP contribution in [0.15, 0.2) is 5.16 Å². The monoisotopic (exact) mass is 225 g/mol. The molecule has 4 heteroatoms. The van der Waals surface area contributed by atoms with Gasteiger partial charge in [-0.05, 0) is 26.2 Å². The van der Waals surface area contributed by atoms with Crippen LogP contribution in [-0.4, -0.2) is 23.9 Å². The summed E-state index contributed by atoms with van der Waals surface area (Å²) in [5.74, 6) is -0.0781. The third-order valence-electron chi connectivity index (χ3n) is 3.54. The van der Waals surface area contributed by atoms with Crippen molar-refractivity contribution in [2.75, 3.05) is 6.61 Å². The first-order chi connectivity index (χ1) is 7.70. The van der Waals surface area contributed by atoms with Crippen LogP contribution in [0.1, 0.15) is 46.0 Å². The highest BCUT2D eigenvalue weighted by atomic mass is 16.7. The number of carbonyl (C=O) groups excluding carboxylic acids is 1. The lowest BCUT2D eigenvalue weighted by atomic mass is 9.88. The molecule has 0 aromatic rings. The number of unbranched alkanes of at least 4 members (excludes halogenated alkanes) is 1. The molecule has 0 N–H and O–H groups in total. The Morgan fingerprint density at radius 3 is 3.25 bits per heavy atom. The van der Waals surface area contributed by atoms with E-state index >= 15 is 0 Å². The predicted molar refractivity (Wildman–Crippen MR) is 60.1 cm³/mol. The van der Waals surface area contributed by atoms with E-state index in [-0.39, 0.29) is 11.9 Å². The molecule has 2 atom stereocenters. The van der Waals surface area contributed by atoms with E-state index in [9.17, 15) is 4.79 Å². The Hall–Kier alpha value is -1.06. The molecule has 2 rings (SSSR count). The molecule has 16 heavy (non-hydrogen) atoms. The first-order valence-electron chi connectivity index (χ1n) is 6.10. The molecule has 0 aromatic heterocycles. The second-order valence-electron chi connectivity index (χ2n) is 4.65. The molecule has 0 aromatic carbocycles. The lowest BCUT2D eigenvalue weighted by Gasteiger charge is -2.24. The summed E-state index contributed by atoms with van der Waals surface area (Å²) < 4.78 is 5.28. The Labute approximate surface area is 96.0 Å². The summed E-state index contributed by atoms with van der Waals surface area (Å²) in [6.07, 6.45) is 4.68. The topological polar surface area (TPSA) is 47.9 Å². The van der Waals surface area contributed by atoms with Crippen molar-refractivity contribution in [3.63, 3.8) is 0 Å². The zero-order valence-corrected chi connectivity index (χ0v) is 9.99. The fourth-order valence-electron chi connectivity index (χ4n) is 2.56. The van der Waals surface area contributed by atoms with Crippen LogP contribution in [0.5, 0.6) is 0 Å². The van der Waals surface area contributed by atoms with Crippen LogP contribution in [0.2, 0.25) is 0 Å². The van der Waals surface area contributed by atoms with Gasteiger partial charge in [-0.25, -0.2) is 4.79 Å². The van der Waals surface area contributed by atoms with Gasteiger partial charge in [0, 0.05) is 6.42 Å². The van der Waals surface area contributed by atoms with Gasteiger partial charge in [-0.1, -0.05) is 18.5 Å². The van der Waals surface area contributed by atoms with E-state index in [1.807, 2.05) is 6.92 Å². The SMILES string of the molecule is CCCCOC(=O)C12CCCC1C(C)=NO2. The van der Waals surface area contributed by atoms with E-state index in [1.165, 1.54) is 0 Å². The molecule has 90 valence electrons. The minimum absolute atomic E-state index is 0.140. The number of fused-ring (bicyclic) bond motifs is 1. The van der Waals surface area contributed by atoms with E-state index in [0.29, 0.717) is 6.61 Å². The van der Waals surface area contributed by atoms with Crippen LogP contribution in [0.4, 0.5) is 0 Å². The molecule has 1 aliphatic heterocycles. The fourth-order valence-corrected chi connectivity index (χ4v) is 2.56. The van der Waals surface area contributed by atoms with Crippen molar-refractivity contribution in [3.05, 3.63) is 0 Å². The second-order valence-corrected chi connectivity index (χ2v) is 4.65. The second kappa shape index (κ2) is 4.44. The number of ether oxygens (including phenoxy) is 1. The highest BCUT2D eigenvalue weighted by molar-refractivity contribution is 5.95. The summed E-state index contributed by atoms with van der Waals surface area (Å²) in [7, 11) is 0. The van der Waals surface area contributed by atoms with Crippen molar-refractivity contribution < 1.29 is 14.4 Å². The van der Waals surface area contributed by atoms with Gasteiger partial charge >= 0.3 is 5.97 Å². The number of hydrogen-bond donors (Lipinski definition) is 0. The van der Waals surface area contributed by atoms with Crippen LogP contribution in [0.3, 0.4) is 0 Å². The molecule has 1 saturated carbocycles. The minimum atomic E-state index is -0.780. The predicted octanol–water partition coefficient (Wildman–Crippen LogP) is 2.27. The van der Waals surface area contributed by atoms with Gasteiger partial charge in [-0.2, -0.15) is 0 Å². The summed E-state index contributed by atoms with van der Waals surface area (Å²) >= 11 is 0. The zero-order valence-electron chi connectivity index (χ0n) is 9.99. The fraction of sp³-hybridized carbons (Fsp3) is 0.833. The third kappa shape index (κ3) is 1.70. The molecule has 4 nitrogen and oxygen atoms in total. The van der Waals surface area contributed by atoms with Gasteiger partial charge in [0.15, 0.2) is 0 Å². The van der Waals surface area contributed by atoms with Crippen molar-refractivity contribution >= 4 is 11.7 Å². The molecule has 1 fully saturated rings. The lowest BCUT2D eigenvalue weighted by molar-refractivity contribution is -0.172. The Kier molecular flexibility index (Phi) is 3.17. The van der Waals surface area contributed by atoms with Gasteiger partial charge in [0.05, 0.1) is 18.2 Å². The average molecular weight is 225 g/mol. The highest BCUT2D eigenvalue weighted by Gasteiger charge is 2.57. The van der Waals surface area contributed by atoms with Gasteiger partial charge in [0.2, 0.25) is 5.60 Å². The van der Waals surface area contributed by atoms with Crippen LogP contribution in [-0.2, 0) is 14.4 Å². The molecular weight excluding hydrogens is 206 g/mol. The van der Waals surface area contributed by atoms with Crippen molar-refractivity contribution in [1.82, 2.24) is 0 Å². The van der Waals surface area contributed by atoms with Gasteiger partial charge in [0.25, 0.3) is 0 Å². The van der Waals surface area contributed by atoms with E-state index in [1.54, 1.807) is 0 Å². The van der Waals surface area contributed by atoms with E-state index < -0.39 is 5.60 Å². The van der Waals surface area contributed by atoms with Crippen LogP contribution < -0.4 is 0 Å². The normalized spacial score (nSPS) is 31.9. The van der Waals surface area contributed by atoms with Crippen molar-refractivity contribution in [2.24, 2.45) is 11.1 Å². The maximum Gasteiger partial charge on any atom is 0.354 e. The molecule has 1 aliphatic carbocycles. The Morgan fingerprint density at radius 2 is 2.50 bits per heavy atom. The smallest absolute Gasteiger partial charge is 0.354 e. The number of nitrogens with zero attached hydrogens (tertiary/aromatic N) is 1. The molecule has 0 radical (unpaired) electrons. The molecule has 0 bridgehead atoms. The molecule has 2 aliphatic rings. The van der Waals surface area contributed by atoms with Gasteiger partial charge < -0.3 is 9.57 Å². The van der Waals surface area contributed by atoms with Crippen LogP contribution in [0.25, 0.3) is 0 Å². The molecular formula is C12H19NO3. The van der Waals surface area contributed by atoms with Crippen LogP contribution >= 0.6 is 0 Å². The van der Waals surface area contributed by atoms with E-state index in [2.05, 4.69) is 12.1 Å². The molecule has 0 saturated heterocycles. The third-order valence-corrected chi connectivity index (χ3v) is 3.54. The summed E-state index contributed by atoms with van der Waals surface area (Å²) in [6.45, 7) is 4.49. The van der Waals surface area contributed by atoms with E-state index in [4.69, 9.17) is 9.57 Å². The minimum Gasteiger partial charge on any atom is -0.463 e. The zero-order chi connectivity index (χ0) is 11.6. The average Bonchev–Trinajstić information content (AvgIpc) is 2.81. The number of esters is 1. The standard InChI is InChI=1S/C12H19NO3/c1-3-4-8-15-11(14)12-7-5-6-10(12)9(2)13-16-12/h10H,3-8H2,1-2H3. The highest BCUT2D eigenvalue weighted by Crippen LogP contribution is 2.44. The molecule has 0 amide bonds. The largest absolute Gasteiger partial charge is 0.463 e. The Balaban J connectivity index is 2.00. The quantitative estimate of drug-likeness (QED) is 0.544. The van der Waals surface area contributed by atoms with Gasteiger partial charge in [0.1, 0.15) is 0 Å². The first-order valence-corrected chi connectivity index (χ1v) is 6.10. The van der Waals surface area contributed by atoms with Crippen molar-refractivity contribution in [3.8, 4) is 0 Å². The molecule has 2 unspecified atom stereocenters. The Bertz CT molecular complexity index is 313. The number of oxime groups is 1. The van der Waals surface area contributed by atoms with Gasteiger partial charge in [-0.15, -0.1) is 0 Å². The van der Waals surface area contributed by atoms with Gasteiger partial charge in [-0.3, -0.25) is 0 Å². The lowest BCUT2D eigenvalue weighted by Crippen LogP contribution is -2.43. The maximum atomic E-state index is 12.0.